The summed E-state index contributed by atoms with van der Waals surface area (Å²) in [6.07, 6.45) is 15.6. The van der Waals surface area contributed by atoms with E-state index in [0.717, 1.165) is 38.5 Å². The molecule has 0 aliphatic heterocycles. The molecule has 0 aromatic carbocycles. The summed E-state index contributed by atoms with van der Waals surface area (Å²) in [6, 6.07) is 0. The summed E-state index contributed by atoms with van der Waals surface area (Å²) >= 11 is 0. The number of carboxylic acids is 2. The maximum atomic E-state index is 12.0. The summed E-state index contributed by atoms with van der Waals surface area (Å²) in [4.78, 5) is 33.3. The molecule has 32 heavy (non-hydrogen) atoms. The molecule has 0 aliphatic carbocycles. The van der Waals surface area contributed by atoms with Crippen LogP contribution >= 0.6 is 0 Å². The van der Waals surface area contributed by atoms with Crippen molar-refractivity contribution in [1.82, 2.24) is 0 Å². The molecule has 0 aromatic rings. The van der Waals surface area contributed by atoms with Gasteiger partial charge in [-0.3, -0.25) is 9.59 Å². The van der Waals surface area contributed by atoms with Crippen LogP contribution in [0.2, 0.25) is 0 Å². The zero-order valence-electron chi connectivity index (χ0n) is 20.7. The quantitative estimate of drug-likeness (QED) is 0.149. The fraction of sp³-hybridized carbons (Fsp3) is 0.880. The van der Waals surface area contributed by atoms with E-state index in [0.29, 0.717) is 23.9 Å². The Morgan fingerprint density at radius 3 is 1.44 bits per heavy atom. The Morgan fingerprint density at radius 1 is 0.719 bits per heavy atom. The van der Waals surface area contributed by atoms with Gasteiger partial charge in [0.25, 0.3) is 0 Å². The first-order chi connectivity index (χ1) is 15.1. The Hall–Kier alpha value is -1.63. The smallest absolute Gasteiger partial charge is 0.306 e. The minimum absolute atomic E-state index is 0.256. The summed E-state index contributed by atoms with van der Waals surface area (Å²) in [7, 11) is 5.80. The largest absolute Gasteiger partial charge is 0.550 e. The van der Waals surface area contributed by atoms with E-state index in [1.165, 1.54) is 51.4 Å². The van der Waals surface area contributed by atoms with Gasteiger partial charge in [-0.05, 0) is 12.8 Å². The molecule has 0 spiro atoms. The standard InChI is InChI=1S/C25H47NO6/c1-26(2,3)21-22(20-24(29)30)32-25(31)19-17-15-13-11-9-7-5-4-6-8-10-12-14-16-18-23(27)28/h22H,4-21H2,1-3H3,(H-,27,28,29,30)/t22-/m0/s1. The van der Waals surface area contributed by atoms with Crippen LogP contribution < -0.4 is 5.11 Å². The minimum atomic E-state index is -1.19. The van der Waals surface area contributed by atoms with Crippen molar-refractivity contribution in [2.24, 2.45) is 0 Å². The molecule has 0 radical (unpaired) electrons. The van der Waals surface area contributed by atoms with Crippen molar-refractivity contribution in [3.05, 3.63) is 0 Å². The number of carbonyl (C=O) groups is 3. The van der Waals surface area contributed by atoms with E-state index in [1.807, 2.05) is 21.1 Å². The van der Waals surface area contributed by atoms with E-state index >= 15 is 0 Å². The van der Waals surface area contributed by atoms with Gasteiger partial charge in [0.2, 0.25) is 0 Å². The van der Waals surface area contributed by atoms with Crippen molar-refractivity contribution in [2.45, 2.75) is 115 Å². The van der Waals surface area contributed by atoms with Crippen molar-refractivity contribution in [1.29, 1.82) is 0 Å². The fourth-order valence-corrected chi connectivity index (χ4v) is 3.85. The predicted molar refractivity (Wildman–Crippen MR) is 124 cm³/mol. The molecule has 1 atom stereocenters. The highest BCUT2D eigenvalue weighted by Gasteiger charge is 2.22. The molecule has 0 aliphatic rings. The van der Waals surface area contributed by atoms with Crippen LogP contribution in [0.5, 0.6) is 0 Å². The highest BCUT2D eigenvalue weighted by molar-refractivity contribution is 5.70. The summed E-state index contributed by atoms with van der Waals surface area (Å²) in [6.45, 7) is 0.451. The zero-order chi connectivity index (χ0) is 24.2. The number of rotatable bonds is 22. The summed E-state index contributed by atoms with van der Waals surface area (Å²) in [5.41, 5.74) is 0. The third-order valence-electron chi connectivity index (χ3n) is 5.47. The van der Waals surface area contributed by atoms with E-state index in [4.69, 9.17) is 9.84 Å². The summed E-state index contributed by atoms with van der Waals surface area (Å²) in [5.74, 6) is -2.20. The lowest BCUT2D eigenvalue weighted by atomic mass is 10.0. The number of esters is 1. The molecular formula is C25H47NO6. The van der Waals surface area contributed by atoms with Crippen LogP contribution in [0.1, 0.15) is 109 Å². The van der Waals surface area contributed by atoms with Crippen LogP contribution in [0, 0.1) is 0 Å². The van der Waals surface area contributed by atoms with Gasteiger partial charge >= 0.3 is 11.9 Å². The van der Waals surface area contributed by atoms with Crippen molar-refractivity contribution < 1.29 is 33.8 Å². The number of unbranched alkanes of at least 4 members (excludes halogenated alkanes) is 13. The van der Waals surface area contributed by atoms with E-state index in [2.05, 4.69) is 0 Å². The van der Waals surface area contributed by atoms with E-state index in [1.54, 1.807) is 0 Å². The van der Waals surface area contributed by atoms with Crippen LogP contribution in [-0.4, -0.2) is 61.3 Å². The Bertz CT molecular complexity index is 515. The maximum Gasteiger partial charge on any atom is 0.306 e. The number of quaternary nitrogens is 1. The number of carbonyl (C=O) groups excluding carboxylic acids is 2. The molecule has 0 amide bonds. The van der Waals surface area contributed by atoms with Gasteiger partial charge in [0.1, 0.15) is 6.54 Å². The molecule has 1 N–H and O–H groups in total. The van der Waals surface area contributed by atoms with Gasteiger partial charge in [0, 0.05) is 25.2 Å². The molecule has 0 bridgehead atoms. The number of ether oxygens (including phenoxy) is 1. The van der Waals surface area contributed by atoms with E-state index in [9.17, 15) is 19.5 Å². The maximum absolute atomic E-state index is 12.0. The van der Waals surface area contributed by atoms with Crippen molar-refractivity contribution >= 4 is 17.9 Å². The van der Waals surface area contributed by atoms with Crippen LogP contribution in [0.4, 0.5) is 0 Å². The molecule has 0 rings (SSSR count). The Kier molecular flexibility index (Phi) is 17.9. The van der Waals surface area contributed by atoms with E-state index < -0.39 is 18.0 Å². The third kappa shape index (κ3) is 23.0. The zero-order valence-corrected chi connectivity index (χ0v) is 20.7. The molecule has 7 heteroatoms. The second-order valence-electron chi connectivity index (χ2n) is 10.0. The molecule has 0 heterocycles. The average molecular weight is 458 g/mol. The van der Waals surface area contributed by atoms with Gasteiger partial charge < -0.3 is 24.2 Å². The predicted octanol–water partition coefficient (Wildman–Crippen LogP) is 4.07. The Balaban J connectivity index is 3.52. The molecule has 0 saturated heterocycles. The lowest BCUT2D eigenvalue weighted by molar-refractivity contribution is -0.873. The number of hydrogen-bond acceptors (Lipinski definition) is 5. The third-order valence-corrected chi connectivity index (χ3v) is 5.47. The van der Waals surface area contributed by atoms with E-state index in [-0.39, 0.29) is 12.4 Å². The highest BCUT2D eigenvalue weighted by atomic mass is 16.5. The number of likely N-dealkylation sites (N-methyl/N-ethyl adjacent to an activating group) is 1. The number of carboxylic acid groups (broad SMARTS) is 2. The number of hydrogen-bond donors (Lipinski definition) is 1. The minimum Gasteiger partial charge on any atom is -0.550 e. The SMILES string of the molecule is C[N+](C)(C)C[C@H](CC(=O)[O-])OC(=O)CCCCCCCCCCCCCCCCC(=O)O. The molecule has 0 fully saturated rings. The molecule has 0 aromatic heterocycles. The van der Waals surface area contributed by atoms with Crippen LogP contribution in [-0.2, 0) is 19.1 Å². The van der Waals surface area contributed by atoms with Gasteiger partial charge in [-0.25, -0.2) is 0 Å². The first-order valence-corrected chi connectivity index (χ1v) is 12.5. The highest BCUT2D eigenvalue weighted by Crippen LogP contribution is 2.14. The first-order valence-electron chi connectivity index (χ1n) is 12.5. The van der Waals surface area contributed by atoms with Gasteiger partial charge in [-0.2, -0.15) is 0 Å². The van der Waals surface area contributed by atoms with Gasteiger partial charge in [-0.15, -0.1) is 0 Å². The topological polar surface area (TPSA) is 104 Å². The monoisotopic (exact) mass is 457 g/mol. The normalized spacial score (nSPS) is 12.5. The molecule has 0 unspecified atom stereocenters. The Labute approximate surface area is 195 Å². The van der Waals surface area contributed by atoms with Gasteiger partial charge in [-0.1, -0.05) is 77.0 Å². The summed E-state index contributed by atoms with van der Waals surface area (Å²) < 4.78 is 5.89. The second-order valence-corrected chi connectivity index (χ2v) is 10.0. The average Bonchev–Trinajstić information content (AvgIpc) is 2.65. The Morgan fingerprint density at radius 2 is 1.09 bits per heavy atom. The molecule has 0 saturated carbocycles. The number of aliphatic carboxylic acids is 2. The van der Waals surface area contributed by atoms with Crippen molar-refractivity contribution in [3.8, 4) is 0 Å². The first kappa shape index (κ1) is 30.4. The fourth-order valence-electron chi connectivity index (χ4n) is 3.85. The number of nitrogens with zero attached hydrogens (tertiary/aromatic N) is 1. The van der Waals surface area contributed by atoms with Crippen LogP contribution in [0.15, 0.2) is 0 Å². The lowest BCUT2D eigenvalue weighted by Gasteiger charge is -2.29. The van der Waals surface area contributed by atoms with Crippen LogP contribution in [0.25, 0.3) is 0 Å². The van der Waals surface area contributed by atoms with Gasteiger partial charge in [0.15, 0.2) is 6.10 Å². The van der Waals surface area contributed by atoms with Crippen LogP contribution in [0.3, 0.4) is 0 Å². The van der Waals surface area contributed by atoms with Crippen molar-refractivity contribution in [2.75, 3.05) is 27.7 Å². The van der Waals surface area contributed by atoms with Crippen molar-refractivity contribution in [3.63, 3.8) is 0 Å². The summed E-state index contributed by atoms with van der Waals surface area (Å²) in [5, 5.41) is 19.5. The second kappa shape index (κ2) is 18.9. The lowest BCUT2D eigenvalue weighted by Crippen LogP contribution is -2.45. The molecular weight excluding hydrogens is 410 g/mol. The molecule has 188 valence electrons. The molecule has 7 nitrogen and oxygen atoms in total. The van der Waals surface area contributed by atoms with Gasteiger partial charge in [0.05, 0.1) is 21.1 Å².